The van der Waals surface area contributed by atoms with Crippen LogP contribution in [0.2, 0.25) is 0 Å². The van der Waals surface area contributed by atoms with Gasteiger partial charge in [-0.1, -0.05) is 6.42 Å². The molecule has 1 N–H and O–H groups in total. The molecule has 3 saturated heterocycles. The van der Waals surface area contributed by atoms with Gasteiger partial charge in [0.1, 0.15) is 6.17 Å². The quantitative estimate of drug-likeness (QED) is 0.664. The molecule has 1 saturated carbocycles. The van der Waals surface area contributed by atoms with Crippen LogP contribution in [0.3, 0.4) is 0 Å². The summed E-state index contributed by atoms with van der Waals surface area (Å²) in [5, 5.41) is 0. The Morgan fingerprint density at radius 3 is 2.71 bits per heavy atom. The first kappa shape index (κ1) is 10.8. The standard InChI is InChI=1S/C15H26N2/c1-2-9-16-11-13-6-3-5-12-7-4-10-17(15(12)13)14(16)8-1/h12-15H,1-11H2/p+1/t12-,13-,14?,15+/m0/s1. The minimum absolute atomic E-state index is 0.922. The normalized spacial score (nSPS) is 50.5. The van der Waals surface area contributed by atoms with E-state index in [1.165, 1.54) is 58.2 Å². The zero-order valence-corrected chi connectivity index (χ0v) is 11.0. The van der Waals surface area contributed by atoms with Crippen LogP contribution in [0.15, 0.2) is 0 Å². The fraction of sp³-hybridized carbons (Fsp3) is 1.00. The van der Waals surface area contributed by atoms with E-state index >= 15 is 0 Å². The second-order valence-electron chi connectivity index (χ2n) is 6.95. The number of quaternary nitrogens is 1. The average molecular weight is 235 g/mol. The Bertz CT molecular complexity index is 289. The molecule has 0 aromatic heterocycles. The van der Waals surface area contributed by atoms with Crippen LogP contribution in [0.25, 0.3) is 0 Å². The number of piperidine rings is 2. The van der Waals surface area contributed by atoms with Crippen molar-refractivity contribution in [2.45, 2.75) is 63.6 Å². The van der Waals surface area contributed by atoms with Gasteiger partial charge >= 0.3 is 0 Å². The number of hydrogen-bond acceptors (Lipinski definition) is 1. The molecule has 2 unspecified atom stereocenters. The highest BCUT2D eigenvalue weighted by molar-refractivity contribution is 4.90. The largest absolute Gasteiger partial charge is 0.317 e. The first-order valence-corrected chi connectivity index (χ1v) is 8.03. The van der Waals surface area contributed by atoms with E-state index < -0.39 is 0 Å². The summed E-state index contributed by atoms with van der Waals surface area (Å²) in [4.78, 5) is 4.89. The van der Waals surface area contributed by atoms with Gasteiger partial charge in [-0.3, -0.25) is 4.90 Å². The Balaban J connectivity index is 1.63. The Kier molecular flexibility index (Phi) is 2.69. The summed E-state index contributed by atoms with van der Waals surface area (Å²) >= 11 is 0. The third kappa shape index (κ3) is 1.67. The maximum Gasteiger partial charge on any atom is 0.144 e. The second kappa shape index (κ2) is 4.24. The molecule has 2 nitrogen and oxygen atoms in total. The zero-order valence-electron chi connectivity index (χ0n) is 11.0. The lowest BCUT2D eigenvalue weighted by atomic mass is 9.70. The van der Waals surface area contributed by atoms with Crippen LogP contribution >= 0.6 is 0 Å². The van der Waals surface area contributed by atoms with Crippen molar-refractivity contribution < 1.29 is 4.90 Å². The van der Waals surface area contributed by atoms with Crippen LogP contribution in [0.1, 0.15) is 51.4 Å². The van der Waals surface area contributed by atoms with Crippen LogP contribution in [0, 0.1) is 11.8 Å². The van der Waals surface area contributed by atoms with Gasteiger partial charge in [-0.2, -0.15) is 0 Å². The molecule has 0 amide bonds. The maximum atomic E-state index is 2.87. The van der Waals surface area contributed by atoms with E-state index in [2.05, 4.69) is 4.90 Å². The first-order chi connectivity index (χ1) is 8.43. The van der Waals surface area contributed by atoms with E-state index in [9.17, 15) is 0 Å². The fourth-order valence-electron chi connectivity index (χ4n) is 5.57. The second-order valence-corrected chi connectivity index (χ2v) is 6.95. The van der Waals surface area contributed by atoms with Crippen molar-refractivity contribution in [1.82, 2.24) is 4.90 Å². The molecule has 0 radical (unpaired) electrons. The fourth-order valence-corrected chi connectivity index (χ4v) is 5.57. The summed E-state index contributed by atoms with van der Waals surface area (Å²) in [5.41, 5.74) is 0. The van der Waals surface area contributed by atoms with E-state index in [1.54, 1.807) is 12.8 Å². The molecule has 3 aliphatic heterocycles. The Morgan fingerprint density at radius 1 is 0.824 bits per heavy atom. The lowest BCUT2D eigenvalue weighted by Crippen LogP contribution is -3.24. The predicted octanol–water partition coefficient (Wildman–Crippen LogP) is 1.28. The van der Waals surface area contributed by atoms with E-state index in [4.69, 9.17) is 0 Å². The van der Waals surface area contributed by atoms with Crippen molar-refractivity contribution >= 4 is 0 Å². The van der Waals surface area contributed by atoms with E-state index in [-0.39, 0.29) is 0 Å². The molecule has 4 fully saturated rings. The topological polar surface area (TPSA) is 7.68 Å². The van der Waals surface area contributed by atoms with Gasteiger partial charge in [0.05, 0.1) is 12.6 Å². The third-order valence-corrected chi connectivity index (χ3v) is 6.14. The summed E-state index contributed by atoms with van der Waals surface area (Å²) in [6.45, 7) is 4.34. The molecule has 0 aromatic rings. The molecule has 2 heteroatoms. The Morgan fingerprint density at radius 2 is 1.71 bits per heavy atom. The predicted molar refractivity (Wildman–Crippen MR) is 68.9 cm³/mol. The number of fused-ring (bicyclic) bond motifs is 2. The van der Waals surface area contributed by atoms with Crippen LogP contribution in [-0.4, -0.2) is 36.7 Å². The molecule has 1 aliphatic carbocycles. The van der Waals surface area contributed by atoms with E-state index in [1.807, 2.05) is 4.90 Å². The van der Waals surface area contributed by atoms with Crippen molar-refractivity contribution in [2.24, 2.45) is 11.8 Å². The molecular formula is C15H27N2+. The SMILES string of the molecule is C1CCN2C[C@@H]3CCC[C@H]4CCC[NH+](C2C1)[C@H]43. The highest BCUT2D eigenvalue weighted by Crippen LogP contribution is 2.36. The van der Waals surface area contributed by atoms with Crippen molar-refractivity contribution in [2.75, 3.05) is 19.6 Å². The van der Waals surface area contributed by atoms with Crippen molar-refractivity contribution in [3.05, 3.63) is 0 Å². The molecule has 3 heterocycles. The molecule has 4 aliphatic rings. The van der Waals surface area contributed by atoms with Gasteiger partial charge in [0.15, 0.2) is 0 Å². The smallest absolute Gasteiger partial charge is 0.144 e. The molecule has 17 heavy (non-hydrogen) atoms. The number of hydrogen-bond donors (Lipinski definition) is 1. The van der Waals surface area contributed by atoms with E-state index in [0.29, 0.717) is 0 Å². The van der Waals surface area contributed by atoms with Crippen molar-refractivity contribution in [3.8, 4) is 0 Å². The van der Waals surface area contributed by atoms with E-state index in [0.717, 1.165) is 24.0 Å². The van der Waals surface area contributed by atoms with Crippen LogP contribution in [-0.2, 0) is 0 Å². The summed E-state index contributed by atoms with van der Waals surface area (Å²) in [6.07, 6.45) is 13.0. The molecule has 4 rings (SSSR count). The monoisotopic (exact) mass is 235 g/mol. The molecule has 5 atom stereocenters. The van der Waals surface area contributed by atoms with Gasteiger partial charge < -0.3 is 4.90 Å². The van der Waals surface area contributed by atoms with Crippen LogP contribution < -0.4 is 4.90 Å². The van der Waals surface area contributed by atoms with Crippen LogP contribution in [0.5, 0.6) is 0 Å². The molecule has 0 spiro atoms. The third-order valence-electron chi connectivity index (χ3n) is 6.14. The first-order valence-electron chi connectivity index (χ1n) is 8.03. The molecule has 0 aromatic carbocycles. The highest BCUT2D eigenvalue weighted by atomic mass is 15.4. The highest BCUT2D eigenvalue weighted by Gasteiger charge is 2.51. The molecule has 0 bridgehead atoms. The summed E-state index contributed by atoms with van der Waals surface area (Å²) in [5.74, 6) is 2.15. The minimum atomic E-state index is 0.922. The molecular weight excluding hydrogens is 208 g/mol. The maximum absolute atomic E-state index is 2.87. The van der Waals surface area contributed by atoms with Gasteiger partial charge in [-0.05, 0) is 38.5 Å². The number of nitrogens with one attached hydrogen (secondary N) is 1. The summed E-state index contributed by atoms with van der Waals surface area (Å²) < 4.78 is 0. The number of nitrogens with zero attached hydrogens (tertiary/aromatic N) is 1. The van der Waals surface area contributed by atoms with Gasteiger partial charge in [-0.15, -0.1) is 0 Å². The zero-order chi connectivity index (χ0) is 11.2. The Hall–Kier alpha value is -0.0800. The number of rotatable bonds is 0. The van der Waals surface area contributed by atoms with Crippen molar-refractivity contribution in [1.29, 1.82) is 0 Å². The van der Waals surface area contributed by atoms with Gasteiger partial charge in [-0.25, -0.2) is 0 Å². The Labute approximate surface area is 105 Å². The summed E-state index contributed by atoms with van der Waals surface area (Å²) in [6, 6.07) is 1.07. The molecule has 96 valence electrons. The van der Waals surface area contributed by atoms with Gasteiger partial charge in [0.25, 0.3) is 0 Å². The van der Waals surface area contributed by atoms with Gasteiger partial charge in [0.2, 0.25) is 0 Å². The summed E-state index contributed by atoms with van der Waals surface area (Å²) in [7, 11) is 0. The van der Waals surface area contributed by atoms with Crippen LogP contribution in [0.4, 0.5) is 0 Å². The van der Waals surface area contributed by atoms with Crippen molar-refractivity contribution in [3.63, 3.8) is 0 Å². The van der Waals surface area contributed by atoms with Gasteiger partial charge in [0, 0.05) is 31.3 Å². The average Bonchev–Trinajstić information content (AvgIpc) is 2.39. The lowest BCUT2D eigenvalue weighted by Gasteiger charge is -2.56. The lowest BCUT2D eigenvalue weighted by molar-refractivity contribution is -0.982. The minimum Gasteiger partial charge on any atom is -0.317 e.